The first kappa shape index (κ1) is 16.7. The zero-order valence-electron chi connectivity index (χ0n) is 13.3. The second-order valence-electron chi connectivity index (χ2n) is 5.45. The van der Waals surface area contributed by atoms with Crippen LogP contribution in [-0.2, 0) is 14.4 Å². The van der Waals surface area contributed by atoms with Crippen LogP contribution < -0.4 is 20.5 Å². The van der Waals surface area contributed by atoms with Gasteiger partial charge in [0.1, 0.15) is 11.8 Å². The predicted octanol–water partition coefficient (Wildman–Crippen LogP) is 1.02. The van der Waals surface area contributed by atoms with Gasteiger partial charge in [0.2, 0.25) is 5.91 Å². The second-order valence-corrected chi connectivity index (χ2v) is 5.45. The molecule has 7 nitrogen and oxygen atoms in total. The molecule has 3 amide bonds. The molecule has 1 aliphatic rings. The lowest BCUT2D eigenvalue weighted by Crippen LogP contribution is -2.49. The molecule has 128 valence electrons. The number of hydrazine groups is 1. The minimum Gasteiger partial charge on any atom is -0.484 e. The fraction of sp³-hybridized carbons (Fsp3) is 0.167. The van der Waals surface area contributed by atoms with Crippen molar-refractivity contribution in [2.24, 2.45) is 0 Å². The van der Waals surface area contributed by atoms with Crippen molar-refractivity contribution in [3.63, 3.8) is 0 Å². The summed E-state index contributed by atoms with van der Waals surface area (Å²) in [4.78, 5) is 37.4. The minimum atomic E-state index is -0.798. The molecule has 2 N–H and O–H groups in total. The van der Waals surface area contributed by atoms with Gasteiger partial charge in [-0.15, -0.1) is 0 Å². The first-order chi connectivity index (χ1) is 12.1. The van der Waals surface area contributed by atoms with Gasteiger partial charge in [0.05, 0.1) is 12.1 Å². The fourth-order valence-electron chi connectivity index (χ4n) is 2.46. The number of imide groups is 1. The topological polar surface area (TPSA) is 87.7 Å². The highest BCUT2D eigenvalue weighted by molar-refractivity contribution is 6.22. The maximum absolute atomic E-state index is 12.4. The van der Waals surface area contributed by atoms with E-state index < -0.39 is 17.9 Å². The van der Waals surface area contributed by atoms with Crippen LogP contribution in [0, 0.1) is 0 Å². The number of hydrogen-bond acceptors (Lipinski definition) is 5. The maximum atomic E-state index is 12.4. The molecule has 0 unspecified atom stereocenters. The lowest BCUT2D eigenvalue weighted by Gasteiger charge is -2.15. The summed E-state index contributed by atoms with van der Waals surface area (Å²) in [6, 6.07) is 16.8. The highest BCUT2D eigenvalue weighted by atomic mass is 16.5. The van der Waals surface area contributed by atoms with E-state index in [1.807, 2.05) is 6.07 Å². The minimum absolute atomic E-state index is 0.0203. The van der Waals surface area contributed by atoms with Gasteiger partial charge >= 0.3 is 0 Å². The Balaban J connectivity index is 1.51. The van der Waals surface area contributed by atoms with Crippen LogP contribution in [0.5, 0.6) is 5.75 Å². The van der Waals surface area contributed by atoms with Crippen molar-refractivity contribution < 1.29 is 19.1 Å². The highest BCUT2D eigenvalue weighted by Gasteiger charge is 2.39. The summed E-state index contributed by atoms with van der Waals surface area (Å²) in [5.41, 5.74) is 5.52. The molecule has 2 aromatic rings. The van der Waals surface area contributed by atoms with Gasteiger partial charge in [0, 0.05) is 0 Å². The van der Waals surface area contributed by atoms with Crippen LogP contribution in [0.4, 0.5) is 5.69 Å². The molecule has 3 rings (SSSR count). The van der Waals surface area contributed by atoms with Crippen molar-refractivity contribution in [2.75, 3.05) is 11.5 Å². The van der Waals surface area contributed by atoms with Crippen molar-refractivity contribution >= 4 is 23.4 Å². The third-order valence-electron chi connectivity index (χ3n) is 3.66. The number of carbonyl (C=O) groups is 3. The maximum Gasteiger partial charge on any atom is 0.272 e. The standard InChI is InChI=1S/C18H17N3O4/c22-16(12-25-14-9-5-2-6-10-14)20-19-15-11-17(23)21(18(15)24)13-7-3-1-4-8-13/h1-10,15,19H,11-12H2,(H,20,22)/t15-/m0/s1. The van der Waals surface area contributed by atoms with E-state index in [0.717, 1.165) is 4.90 Å². The monoisotopic (exact) mass is 339 g/mol. The Bertz CT molecular complexity index is 764. The van der Waals surface area contributed by atoms with Crippen molar-refractivity contribution in [3.8, 4) is 5.75 Å². The van der Waals surface area contributed by atoms with E-state index in [2.05, 4.69) is 10.9 Å². The molecular weight excluding hydrogens is 322 g/mol. The summed E-state index contributed by atoms with van der Waals surface area (Å²) in [7, 11) is 0. The average molecular weight is 339 g/mol. The fourth-order valence-corrected chi connectivity index (χ4v) is 2.46. The molecule has 25 heavy (non-hydrogen) atoms. The van der Waals surface area contributed by atoms with Gasteiger partial charge in [0.15, 0.2) is 6.61 Å². The highest BCUT2D eigenvalue weighted by Crippen LogP contribution is 2.22. The van der Waals surface area contributed by atoms with E-state index in [4.69, 9.17) is 4.74 Å². The Morgan fingerprint density at radius 1 is 1.04 bits per heavy atom. The summed E-state index contributed by atoms with van der Waals surface area (Å²) < 4.78 is 5.31. The molecule has 0 aromatic heterocycles. The number of carbonyl (C=O) groups excluding carboxylic acids is 3. The molecule has 1 saturated heterocycles. The van der Waals surface area contributed by atoms with Crippen molar-refractivity contribution in [1.82, 2.24) is 10.9 Å². The molecule has 0 bridgehead atoms. The Kier molecular flexibility index (Phi) is 5.06. The number of rotatable bonds is 6. The lowest BCUT2D eigenvalue weighted by atomic mass is 10.2. The smallest absolute Gasteiger partial charge is 0.272 e. The lowest BCUT2D eigenvalue weighted by molar-refractivity contribution is -0.125. The largest absolute Gasteiger partial charge is 0.484 e. The van der Waals surface area contributed by atoms with Crippen LogP contribution in [0.15, 0.2) is 60.7 Å². The first-order valence-electron chi connectivity index (χ1n) is 7.79. The summed E-state index contributed by atoms with van der Waals surface area (Å²) in [5, 5.41) is 0. The zero-order valence-corrected chi connectivity index (χ0v) is 13.3. The third-order valence-corrected chi connectivity index (χ3v) is 3.66. The molecular formula is C18H17N3O4. The molecule has 1 atom stereocenters. The van der Waals surface area contributed by atoms with Crippen LogP contribution in [0.25, 0.3) is 0 Å². The van der Waals surface area contributed by atoms with E-state index in [1.165, 1.54) is 0 Å². The van der Waals surface area contributed by atoms with E-state index >= 15 is 0 Å². The van der Waals surface area contributed by atoms with Crippen molar-refractivity contribution in [3.05, 3.63) is 60.7 Å². The summed E-state index contributed by atoms with van der Waals surface area (Å²) in [6.07, 6.45) is -0.0203. The number of amides is 3. The summed E-state index contributed by atoms with van der Waals surface area (Å²) >= 11 is 0. The van der Waals surface area contributed by atoms with Gasteiger partial charge in [-0.2, -0.15) is 0 Å². The number of para-hydroxylation sites is 2. The summed E-state index contributed by atoms with van der Waals surface area (Å²) in [5.74, 6) is -0.591. The van der Waals surface area contributed by atoms with Gasteiger partial charge in [-0.25, -0.2) is 10.3 Å². The van der Waals surface area contributed by atoms with Crippen LogP contribution >= 0.6 is 0 Å². The second kappa shape index (κ2) is 7.59. The van der Waals surface area contributed by atoms with Crippen LogP contribution in [0.3, 0.4) is 0 Å². The van der Waals surface area contributed by atoms with Crippen LogP contribution in [0.2, 0.25) is 0 Å². The average Bonchev–Trinajstić information content (AvgIpc) is 2.93. The Morgan fingerprint density at radius 2 is 1.68 bits per heavy atom. The number of anilines is 1. The van der Waals surface area contributed by atoms with E-state index in [0.29, 0.717) is 11.4 Å². The molecule has 1 fully saturated rings. The number of nitrogens with zero attached hydrogens (tertiary/aromatic N) is 1. The molecule has 0 aliphatic carbocycles. The third kappa shape index (κ3) is 4.02. The Morgan fingerprint density at radius 3 is 2.36 bits per heavy atom. The molecule has 1 heterocycles. The molecule has 2 aromatic carbocycles. The number of benzene rings is 2. The molecule has 7 heteroatoms. The zero-order chi connectivity index (χ0) is 17.6. The molecule has 0 radical (unpaired) electrons. The predicted molar refractivity (Wildman–Crippen MR) is 90.6 cm³/mol. The van der Waals surface area contributed by atoms with Gasteiger partial charge in [-0.3, -0.25) is 19.8 Å². The van der Waals surface area contributed by atoms with Gasteiger partial charge < -0.3 is 4.74 Å². The summed E-state index contributed by atoms with van der Waals surface area (Å²) in [6.45, 7) is -0.200. The van der Waals surface area contributed by atoms with Gasteiger partial charge in [-0.1, -0.05) is 36.4 Å². The number of ether oxygens (including phenoxy) is 1. The number of nitrogens with one attached hydrogen (secondary N) is 2. The van der Waals surface area contributed by atoms with E-state index in [1.54, 1.807) is 54.6 Å². The normalized spacial score (nSPS) is 16.8. The van der Waals surface area contributed by atoms with E-state index in [-0.39, 0.29) is 18.9 Å². The Hall–Kier alpha value is -3.19. The van der Waals surface area contributed by atoms with Gasteiger partial charge in [-0.05, 0) is 24.3 Å². The van der Waals surface area contributed by atoms with E-state index in [9.17, 15) is 14.4 Å². The van der Waals surface area contributed by atoms with Crippen molar-refractivity contribution in [1.29, 1.82) is 0 Å². The number of hydrogen-bond donors (Lipinski definition) is 2. The van der Waals surface area contributed by atoms with Crippen molar-refractivity contribution in [2.45, 2.75) is 12.5 Å². The molecule has 0 saturated carbocycles. The van der Waals surface area contributed by atoms with Gasteiger partial charge in [0.25, 0.3) is 11.8 Å². The SMILES string of the molecule is O=C(COc1ccccc1)NN[C@H]1CC(=O)N(c2ccccc2)C1=O. The quantitative estimate of drug-likeness (QED) is 0.606. The molecule has 1 aliphatic heterocycles. The van der Waals surface area contributed by atoms with Crippen LogP contribution in [-0.4, -0.2) is 30.4 Å². The first-order valence-corrected chi connectivity index (χ1v) is 7.79. The Labute approximate surface area is 144 Å². The molecule has 0 spiro atoms. The van der Waals surface area contributed by atoms with Crippen LogP contribution in [0.1, 0.15) is 6.42 Å².